The van der Waals surface area contributed by atoms with Crippen LogP contribution in [0.4, 0.5) is 17.1 Å². The molecule has 0 radical (unpaired) electrons. The third-order valence-electron chi connectivity index (χ3n) is 16.4. The molecule has 0 saturated heterocycles. The van der Waals surface area contributed by atoms with E-state index in [1.165, 1.54) is 108 Å². The Balaban J connectivity index is 0.825. The Labute approximate surface area is 418 Å². The summed E-state index contributed by atoms with van der Waals surface area (Å²) in [4.78, 5) is 2.39. The number of aromatic nitrogens is 1. The maximum atomic E-state index is 2.51. The number of anilines is 3. The molecule has 2 aliphatic carbocycles. The van der Waals surface area contributed by atoms with E-state index >= 15 is 0 Å². The number of rotatable bonds is 9. The van der Waals surface area contributed by atoms with Crippen molar-refractivity contribution in [1.29, 1.82) is 0 Å². The van der Waals surface area contributed by atoms with Crippen LogP contribution in [0.1, 0.15) is 51.0 Å². The van der Waals surface area contributed by atoms with Gasteiger partial charge in [0.25, 0.3) is 0 Å². The van der Waals surface area contributed by atoms with E-state index in [1.807, 2.05) is 0 Å². The number of benzene rings is 10. The molecule has 71 heavy (non-hydrogen) atoms. The summed E-state index contributed by atoms with van der Waals surface area (Å²) in [7, 11) is 0. The van der Waals surface area contributed by atoms with E-state index in [0.29, 0.717) is 5.92 Å². The number of fused-ring (bicyclic) bond motifs is 5. The predicted molar refractivity (Wildman–Crippen MR) is 301 cm³/mol. The molecule has 3 unspecified atom stereocenters. The molecule has 10 aromatic carbocycles. The molecule has 2 aliphatic rings. The van der Waals surface area contributed by atoms with Crippen LogP contribution < -0.4 is 4.90 Å². The monoisotopic (exact) mass is 914 g/mol. The van der Waals surface area contributed by atoms with Gasteiger partial charge in [0.1, 0.15) is 0 Å². The van der Waals surface area contributed by atoms with Crippen LogP contribution in [0.5, 0.6) is 0 Å². The highest BCUT2D eigenvalue weighted by Gasteiger charge is 2.44. The summed E-state index contributed by atoms with van der Waals surface area (Å²) in [6, 6.07) is 87.6. The lowest BCUT2D eigenvalue weighted by Crippen LogP contribution is -2.24. The van der Waals surface area contributed by atoms with Crippen LogP contribution in [0.3, 0.4) is 0 Å². The van der Waals surface area contributed by atoms with Crippen LogP contribution in [-0.4, -0.2) is 4.57 Å². The van der Waals surface area contributed by atoms with Crippen LogP contribution in [0.15, 0.2) is 237 Å². The molecule has 1 heterocycles. The van der Waals surface area contributed by atoms with Crippen molar-refractivity contribution < 1.29 is 0 Å². The van der Waals surface area contributed by atoms with E-state index in [2.05, 4.69) is 260 Å². The first kappa shape index (κ1) is 43.1. The second-order valence-electron chi connectivity index (χ2n) is 20.7. The fraction of sp³-hybridized carbons (Fsp3) is 0.159. The smallest absolute Gasteiger partial charge is 0.0547 e. The van der Waals surface area contributed by atoms with Gasteiger partial charge in [0.15, 0.2) is 0 Å². The number of hydrogen-bond donors (Lipinski definition) is 0. The van der Waals surface area contributed by atoms with Gasteiger partial charge < -0.3 is 9.47 Å². The van der Waals surface area contributed by atoms with E-state index in [0.717, 1.165) is 46.4 Å². The Morgan fingerprint density at radius 1 is 0.366 bits per heavy atom. The Morgan fingerprint density at radius 2 is 0.859 bits per heavy atom. The van der Waals surface area contributed by atoms with Crippen LogP contribution >= 0.6 is 0 Å². The average molecular weight is 915 g/mol. The quantitative estimate of drug-likeness (QED) is 0.140. The minimum Gasteiger partial charge on any atom is -0.311 e. The highest BCUT2D eigenvalue weighted by molar-refractivity contribution is 6.13. The maximum Gasteiger partial charge on any atom is 0.0547 e. The minimum atomic E-state index is 0.694. The molecule has 0 N–H and O–H groups in total. The van der Waals surface area contributed by atoms with Crippen molar-refractivity contribution in [2.24, 2.45) is 23.7 Å². The van der Waals surface area contributed by atoms with E-state index in [9.17, 15) is 0 Å². The summed E-state index contributed by atoms with van der Waals surface area (Å²) in [5.41, 5.74) is 18.2. The SMILES string of the molecule is CC1CC(c2ccc(-c3ccc(N(c4ccc(-c5ccc(-c6ccccc6)cc5)cc4)c4ccc(-c5cccc(-n6c7ccccc7c7cc8ccccc8cc76)c5)cc4)cc3)cc2)C2C[C@@H](C)CC[C@H]12. The Kier molecular flexibility index (Phi) is 11.0. The summed E-state index contributed by atoms with van der Waals surface area (Å²) in [6.07, 6.45) is 5.55. The standard InChI is InChI=1S/C69H58N2/c1-46-19-40-63-47(2)42-65(66(63)41-46)55-26-24-51(25-27-55)53-30-36-60(37-31-53)70(59-34-28-52(29-35-59)50-22-20-49(21-23-50)48-11-4-3-5-12-48)61-38-32-54(33-39-61)56-15-10-16-62(43-56)71-68-18-9-8-17-64(68)67-44-57-13-6-7-14-58(57)45-69(67)71/h3-18,20-39,43-47,63,65-66H,19,40-42H2,1-2H3/t46-,47?,63+,65?,66?/m0/s1. The maximum absolute atomic E-state index is 2.51. The Hall–Kier alpha value is -7.94. The molecule has 13 rings (SSSR count). The molecule has 11 aromatic rings. The van der Waals surface area contributed by atoms with E-state index in [-0.39, 0.29) is 0 Å². The number of hydrogen-bond acceptors (Lipinski definition) is 1. The zero-order chi connectivity index (χ0) is 47.4. The third kappa shape index (κ3) is 8.02. The molecule has 0 aliphatic heterocycles. The Bertz CT molecular complexity index is 3660. The zero-order valence-electron chi connectivity index (χ0n) is 40.6. The van der Waals surface area contributed by atoms with Crippen LogP contribution in [0.25, 0.3) is 82.8 Å². The highest BCUT2D eigenvalue weighted by Crippen LogP contribution is 2.54. The molecule has 2 nitrogen and oxygen atoms in total. The van der Waals surface area contributed by atoms with Gasteiger partial charge in [-0.15, -0.1) is 0 Å². The average Bonchev–Trinajstić information content (AvgIpc) is 3.94. The summed E-state index contributed by atoms with van der Waals surface area (Å²) < 4.78 is 2.43. The van der Waals surface area contributed by atoms with Crippen molar-refractivity contribution in [2.75, 3.05) is 4.90 Å². The van der Waals surface area contributed by atoms with Gasteiger partial charge >= 0.3 is 0 Å². The second-order valence-corrected chi connectivity index (χ2v) is 20.7. The molecular weight excluding hydrogens is 857 g/mol. The van der Waals surface area contributed by atoms with Crippen molar-refractivity contribution in [3.05, 3.63) is 242 Å². The van der Waals surface area contributed by atoms with E-state index in [4.69, 9.17) is 0 Å². The summed E-state index contributed by atoms with van der Waals surface area (Å²) in [5.74, 6) is 4.12. The van der Waals surface area contributed by atoms with Crippen LogP contribution in [-0.2, 0) is 0 Å². The van der Waals surface area contributed by atoms with Crippen LogP contribution in [0, 0.1) is 23.7 Å². The van der Waals surface area contributed by atoms with Gasteiger partial charge in [-0.1, -0.05) is 190 Å². The highest BCUT2D eigenvalue weighted by atomic mass is 15.1. The van der Waals surface area contributed by atoms with Gasteiger partial charge in [-0.3, -0.25) is 0 Å². The molecule has 0 amide bonds. The normalized spacial score (nSPS) is 18.8. The molecule has 2 saturated carbocycles. The fourth-order valence-corrected chi connectivity index (χ4v) is 12.8. The molecule has 0 spiro atoms. The molecule has 0 bridgehead atoms. The van der Waals surface area contributed by atoms with Gasteiger partial charge in [-0.2, -0.15) is 0 Å². The molecule has 344 valence electrons. The Morgan fingerprint density at radius 3 is 1.48 bits per heavy atom. The topological polar surface area (TPSA) is 8.17 Å². The van der Waals surface area contributed by atoms with Crippen molar-refractivity contribution in [1.82, 2.24) is 4.57 Å². The number of nitrogens with zero attached hydrogens (tertiary/aromatic N) is 2. The van der Waals surface area contributed by atoms with Gasteiger partial charge in [0, 0.05) is 33.5 Å². The first-order valence-corrected chi connectivity index (χ1v) is 25.9. The molecule has 2 heteroatoms. The second kappa shape index (κ2) is 18.1. The van der Waals surface area contributed by atoms with Gasteiger partial charge in [0.05, 0.1) is 11.0 Å². The fourth-order valence-electron chi connectivity index (χ4n) is 12.8. The van der Waals surface area contributed by atoms with Gasteiger partial charge in [-0.25, -0.2) is 0 Å². The summed E-state index contributed by atoms with van der Waals surface area (Å²) in [5, 5.41) is 5.05. The summed E-state index contributed by atoms with van der Waals surface area (Å²) in [6.45, 7) is 4.98. The van der Waals surface area contributed by atoms with Crippen molar-refractivity contribution >= 4 is 49.6 Å². The van der Waals surface area contributed by atoms with Crippen LogP contribution in [0.2, 0.25) is 0 Å². The first-order chi connectivity index (χ1) is 35.0. The lowest BCUT2D eigenvalue weighted by Gasteiger charge is -2.34. The van der Waals surface area contributed by atoms with E-state index < -0.39 is 0 Å². The van der Waals surface area contributed by atoms with Gasteiger partial charge in [-0.05, 0) is 176 Å². The largest absolute Gasteiger partial charge is 0.311 e. The number of para-hydroxylation sites is 1. The van der Waals surface area contributed by atoms with Gasteiger partial charge in [0.2, 0.25) is 0 Å². The summed E-state index contributed by atoms with van der Waals surface area (Å²) >= 11 is 0. The lowest BCUT2D eigenvalue weighted by molar-refractivity contribution is 0.183. The van der Waals surface area contributed by atoms with E-state index in [1.54, 1.807) is 0 Å². The van der Waals surface area contributed by atoms with Crippen molar-refractivity contribution in [3.8, 4) is 50.2 Å². The first-order valence-electron chi connectivity index (χ1n) is 25.9. The third-order valence-corrected chi connectivity index (χ3v) is 16.4. The lowest BCUT2D eigenvalue weighted by atomic mass is 9.71. The molecule has 1 aromatic heterocycles. The van der Waals surface area contributed by atoms with Crippen molar-refractivity contribution in [2.45, 2.75) is 45.4 Å². The molecule has 2 fully saturated rings. The molecular formula is C69H58N2. The van der Waals surface area contributed by atoms with Crippen molar-refractivity contribution in [3.63, 3.8) is 0 Å². The predicted octanol–water partition coefficient (Wildman–Crippen LogP) is 19.3. The molecule has 5 atom stereocenters. The minimum absolute atomic E-state index is 0.694. The zero-order valence-corrected chi connectivity index (χ0v) is 40.6.